The predicted octanol–water partition coefficient (Wildman–Crippen LogP) is -4.04. The first-order valence-electron chi connectivity index (χ1n) is 3.11. The van der Waals surface area contributed by atoms with Gasteiger partial charge in [-0.25, -0.2) is 4.21 Å². The second-order valence-corrected chi connectivity index (χ2v) is 2.63. The fraction of sp³-hybridized carbons (Fsp3) is 0.500. The molecule has 1 unspecified atom stereocenters. The van der Waals surface area contributed by atoms with Gasteiger partial charge in [0.1, 0.15) is 0 Å². The van der Waals surface area contributed by atoms with Crippen LogP contribution in [0, 0.1) is 0 Å². The summed E-state index contributed by atoms with van der Waals surface area (Å²) in [5, 5.41) is 15.8. The van der Waals surface area contributed by atoms with Crippen molar-refractivity contribution >= 4 is 34.7 Å². The zero-order valence-electron chi connectivity index (χ0n) is 8.51. The van der Waals surface area contributed by atoms with E-state index in [1.807, 2.05) is 0 Å². The molecule has 0 bridgehead atoms. The second kappa shape index (κ2) is 18.4. The van der Waals surface area contributed by atoms with E-state index in [-0.39, 0.29) is 42.4 Å². The van der Waals surface area contributed by atoms with Crippen molar-refractivity contribution in [1.29, 1.82) is 0 Å². The quantitative estimate of drug-likeness (QED) is 0.253. The summed E-state index contributed by atoms with van der Waals surface area (Å²) >= 11 is -5.47. The minimum atomic E-state index is -2.86. The molecule has 0 aromatic heterocycles. The van der Waals surface area contributed by atoms with Crippen LogP contribution < -0.4 is 29.6 Å². The Morgan fingerprint density at radius 1 is 0.941 bits per heavy atom. The molecule has 0 saturated heterocycles. The van der Waals surface area contributed by atoms with Crippen LogP contribution in [0.25, 0.3) is 0 Å². The van der Waals surface area contributed by atoms with Crippen LogP contribution >= 0.6 is 0 Å². The van der Waals surface area contributed by atoms with Crippen molar-refractivity contribution in [2.24, 2.45) is 0 Å². The van der Waals surface area contributed by atoms with Crippen molar-refractivity contribution in [3.05, 3.63) is 0 Å². The third-order valence-electron chi connectivity index (χ3n) is 0.553. The summed E-state index contributed by atoms with van der Waals surface area (Å²) in [5.41, 5.74) is 0. The molecule has 10 nitrogen and oxygen atoms in total. The van der Waals surface area contributed by atoms with Crippen molar-refractivity contribution in [2.45, 2.75) is 12.8 Å². The minimum Gasteiger partial charge on any atom is -0.750 e. The Balaban J connectivity index is -0.0000000806. The first-order chi connectivity index (χ1) is 7.09. The van der Waals surface area contributed by atoms with E-state index in [2.05, 4.69) is 0 Å². The van der Waals surface area contributed by atoms with Crippen molar-refractivity contribution in [3.63, 3.8) is 0 Å². The molecule has 0 aromatic rings. The average Bonchev–Trinajstić information content (AvgIpc) is 1.98. The molecule has 13 heteroatoms. The molecule has 0 heterocycles. The molecule has 98 valence electrons. The summed E-state index contributed by atoms with van der Waals surface area (Å²) in [4.78, 5) is 19.3. The van der Waals surface area contributed by atoms with Gasteiger partial charge in [0, 0.05) is 0 Å². The maximum atomic E-state index is 9.64. The average molecular weight is 304 g/mol. The van der Waals surface area contributed by atoms with E-state index in [1.54, 1.807) is 0 Å². The fourth-order valence-electron chi connectivity index (χ4n) is 0.214. The van der Waals surface area contributed by atoms with Crippen LogP contribution in [0.3, 0.4) is 0 Å². The molecule has 5 N–H and O–H groups in total. The van der Waals surface area contributed by atoms with Crippen molar-refractivity contribution in [1.82, 2.24) is 0 Å². The Morgan fingerprint density at radius 3 is 1.12 bits per heavy atom. The van der Waals surface area contributed by atoms with Gasteiger partial charge in [-0.3, -0.25) is 18.7 Å². The van der Waals surface area contributed by atoms with E-state index in [0.717, 1.165) is 0 Å². The van der Waals surface area contributed by atoms with Gasteiger partial charge in [-0.05, 0) is 0 Å². The third kappa shape index (κ3) is 124. The molecule has 0 aliphatic rings. The third-order valence-corrected chi connectivity index (χ3v) is 0.553. The molecule has 0 aromatic carbocycles. The molecule has 0 fully saturated rings. The van der Waals surface area contributed by atoms with Crippen molar-refractivity contribution in [2.75, 3.05) is 0 Å². The topological polar surface area (TPSA) is 192 Å². The summed E-state index contributed by atoms with van der Waals surface area (Å²) in [6.45, 7) is 0. The van der Waals surface area contributed by atoms with Gasteiger partial charge < -0.3 is 19.3 Å². The smallest absolute Gasteiger partial charge is 0.750 e. The molecule has 1 atom stereocenters. The van der Waals surface area contributed by atoms with E-state index in [4.69, 9.17) is 36.8 Å². The number of carbonyl (C=O) groups is 2. The molecule has 0 aliphatic carbocycles. The zero-order chi connectivity index (χ0) is 13.7. The van der Waals surface area contributed by atoms with Gasteiger partial charge in [0.25, 0.3) is 11.4 Å². The fourth-order valence-corrected chi connectivity index (χ4v) is 0.214. The van der Waals surface area contributed by atoms with Gasteiger partial charge in [0.15, 0.2) is 0 Å². The minimum absolute atomic E-state index is 0. The summed E-state index contributed by atoms with van der Waals surface area (Å²) < 4.78 is 46.9. The molecule has 17 heavy (non-hydrogen) atoms. The Labute approximate surface area is 123 Å². The monoisotopic (exact) mass is 304 g/mol. The summed E-state index contributed by atoms with van der Waals surface area (Å²) in [7, 11) is 0. The number of hydrogen-bond donors (Lipinski definition) is 5. The van der Waals surface area contributed by atoms with Crippen LogP contribution in [-0.2, 0) is 32.3 Å². The molecule has 0 saturated carbocycles. The van der Waals surface area contributed by atoms with Crippen LogP contribution in [0.2, 0.25) is 0 Å². The number of carboxylic acids is 2. The number of carboxylic acid groups (broad SMARTS) is 2. The van der Waals surface area contributed by atoms with Crippen LogP contribution in [0.5, 0.6) is 0 Å². The Bertz CT molecular complexity index is 221. The molecule has 0 amide bonds. The van der Waals surface area contributed by atoms with Crippen LogP contribution in [-0.4, -0.2) is 48.8 Å². The standard InChI is InChI=1S/C4H6O4.Na.2H2O3S/c5-3(6)1-2-4(7)8;;2*1-4(2)3/h1-2H2,(H,5,6)(H,7,8);;2*(H2,1,2,3)/q;+1;;/p-1. The molecule has 0 rings (SSSR count). The first-order valence-corrected chi connectivity index (χ1v) is 5.21. The molecular weight excluding hydrogens is 295 g/mol. The normalized spacial score (nSPS) is 9.71. The van der Waals surface area contributed by atoms with Gasteiger partial charge in [-0.2, -0.15) is 4.21 Å². The molecule has 0 radical (unpaired) electrons. The van der Waals surface area contributed by atoms with Gasteiger partial charge in [0.2, 0.25) is 0 Å². The number of aliphatic carboxylic acids is 2. The maximum absolute atomic E-state index is 9.64. The van der Waals surface area contributed by atoms with E-state index < -0.39 is 34.7 Å². The predicted molar refractivity (Wildman–Crippen MR) is 49.5 cm³/mol. The maximum Gasteiger partial charge on any atom is 1.00 e. The Kier molecular flexibility index (Phi) is 28.0. The summed E-state index contributed by atoms with van der Waals surface area (Å²) in [6.07, 6.45) is -0.593. The largest absolute Gasteiger partial charge is 1.00 e. The van der Waals surface area contributed by atoms with Crippen molar-refractivity contribution < 1.29 is 76.0 Å². The second-order valence-electron chi connectivity index (χ2n) is 1.74. The van der Waals surface area contributed by atoms with Crippen LogP contribution in [0.1, 0.15) is 12.8 Å². The van der Waals surface area contributed by atoms with Gasteiger partial charge in [0.05, 0.1) is 24.2 Å². The van der Waals surface area contributed by atoms with E-state index in [0.29, 0.717) is 0 Å². The molecule has 0 aliphatic heterocycles. The van der Waals surface area contributed by atoms with Crippen molar-refractivity contribution in [3.8, 4) is 0 Å². The van der Waals surface area contributed by atoms with E-state index in [1.165, 1.54) is 0 Å². The number of rotatable bonds is 3. The Hall–Kier alpha value is 0.0800. The Morgan fingerprint density at radius 2 is 1.06 bits per heavy atom. The zero-order valence-corrected chi connectivity index (χ0v) is 12.1. The summed E-state index contributed by atoms with van der Waals surface area (Å²) in [6, 6.07) is 0. The van der Waals surface area contributed by atoms with E-state index >= 15 is 0 Å². The number of hydrogen-bond acceptors (Lipinski definition) is 5. The first kappa shape index (κ1) is 25.8. The van der Waals surface area contributed by atoms with Gasteiger partial charge in [-0.1, -0.05) is 0 Å². The summed E-state index contributed by atoms with van der Waals surface area (Å²) in [5.74, 6) is -2.15. The molecule has 0 spiro atoms. The van der Waals surface area contributed by atoms with Gasteiger partial charge in [-0.15, -0.1) is 0 Å². The van der Waals surface area contributed by atoms with E-state index in [9.17, 15) is 9.59 Å². The van der Waals surface area contributed by atoms with Crippen LogP contribution in [0.15, 0.2) is 0 Å². The SMILES string of the molecule is O=C(O)CCC(=O)O.O=S(O)O.O=S([O-])O.[Na+]. The van der Waals surface area contributed by atoms with Gasteiger partial charge >= 0.3 is 41.5 Å². The molecular formula is C4H9NaO10S2. The van der Waals surface area contributed by atoms with Crippen LogP contribution in [0.4, 0.5) is 0 Å².